The van der Waals surface area contributed by atoms with E-state index in [-0.39, 0.29) is 229 Å². The van der Waals surface area contributed by atoms with Gasteiger partial charge in [0, 0.05) is 48.7 Å². The second-order valence-corrected chi connectivity index (χ2v) is 33.1. The first kappa shape index (κ1) is 192. The molecule has 0 bridgehead atoms. The number of aliphatic hydroxyl groups is 6. The average molecular weight is 2140 g/mol. The molecule has 52 heteroatoms. The number of hydrogen-bond donors (Lipinski definition) is 6. The Morgan fingerprint density at radius 2 is 0.277 bits per heavy atom. The predicted octanol–water partition coefficient (Wildman–Crippen LogP) is 27.4. The van der Waals surface area contributed by atoms with Gasteiger partial charge in [-0.3, -0.25) is 0 Å². The maximum absolute atomic E-state index is 13.0. The molecule has 0 fully saturated rings. The lowest BCUT2D eigenvalue weighted by Gasteiger charge is -2.32. The highest BCUT2D eigenvalue weighted by Gasteiger charge is 2.61. The fourth-order valence-corrected chi connectivity index (χ4v) is 7.01. The van der Waals surface area contributed by atoms with Crippen LogP contribution in [-0.2, 0) is 56.8 Å². The van der Waals surface area contributed by atoms with E-state index in [4.69, 9.17) is 38.6 Å². The lowest BCUT2D eigenvalue weighted by atomic mass is 9.92. The van der Waals surface area contributed by atoms with Crippen molar-refractivity contribution in [1.82, 2.24) is 0 Å². The van der Waals surface area contributed by atoms with Crippen molar-refractivity contribution < 1.29 is 237 Å². The van der Waals surface area contributed by atoms with Crippen molar-refractivity contribution in [1.29, 1.82) is 0 Å². The fraction of sp³-hybridized carbons (Fsp3) is 1.00. The molecule has 6 N–H and O–H groups in total. The van der Waals surface area contributed by atoms with Gasteiger partial charge in [-0.1, -0.05) is 231 Å². The summed E-state index contributed by atoms with van der Waals surface area (Å²) in [4.78, 5) is 0. The van der Waals surface area contributed by atoms with Gasteiger partial charge in [-0.05, 0) is 0 Å². The van der Waals surface area contributed by atoms with E-state index < -0.39 is 210 Å². The highest BCUT2D eigenvalue weighted by atomic mass is 19.5. The molecule has 0 aromatic carbocycles. The smallest absolute Gasteiger partial charge is 0.396 e. The van der Waals surface area contributed by atoms with E-state index >= 15 is 0 Å². The summed E-state index contributed by atoms with van der Waals surface area (Å²) < 4.78 is 467. The second kappa shape index (κ2) is 79.2. The zero-order valence-corrected chi connectivity index (χ0v) is 67.3. The molecule has 4 atom stereocenters. The molecule has 0 aliphatic heterocycles. The van der Waals surface area contributed by atoms with Crippen LogP contribution in [-0.4, -0.2) is 314 Å². The predicted molar refractivity (Wildman–Crippen MR) is 473 cm³/mol. The maximum Gasteiger partial charge on any atom is 0.455 e. The Morgan fingerprint density at radius 3 is 0.394 bits per heavy atom. The summed E-state index contributed by atoms with van der Waals surface area (Å²) >= 11 is 0. The molecule has 4 unspecified atom stereocenters. The van der Waals surface area contributed by atoms with E-state index in [1.54, 1.807) is 27.7 Å². The molecule has 0 aliphatic rings. The molecule has 0 aliphatic carbocycles. The quantitative estimate of drug-likeness (QED) is 0.0311. The molecule has 0 heterocycles. The summed E-state index contributed by atoms with van der Waals surface area (Å²) in [7, 11) is 0. The first-order valence-electron chi connectivity index (χ1n) is 34.6. The minimum Gasteiger partial charge on any atom is -0.396 e. The van der Waals surface area contributed by atoms with E-state index in [1.165, 1.54) is 27.7 Å². The molecule has 0 aromatic heterocycles. The Morgan fingerprint density at radius 1 is 0.161 bits per heavy atom. The molecule has 18 nitrogen and oxygen atoms in total. The zero-order valence-electron chi connectivity index (χ0n) is 67.3. The Hall–Kier alpha value is -3.10. The standard InChI is InChI=1S/C21H34F10O6.C19H34F6O6.C15H32O4.2C6H5F9O.18CH4/c1-15(2,7-34-9-16(3,5-32)11-36-13-18(22,23)20(26,27)28)8-35-10-17(4,6-33)12-37-14-19(24,25)21(29,30)31;1-15(2,7-28-9-16(3,5-26)11-30-13-18(20,21)22)8-29-10-17(4,6-27)12-31-14-19(23,24)25;1-13(2,7-16)9-18-11-15(5,6)12-19-10-14(3,4)8-17;2*7-3(8)4(9,10)1-16-2-5(11,12)6(13,14)15;;;;;;;;;;;;;;;;;;/h32-33H,5-14H2,1-4H3;26-27H,5-14H2,1-4H3;16-17H,7-12H2,1-6H3;2*3H,1-2H2;18*1H4. The van der Waals surface area contributed by atoms with Gasteiger partial charge in [0.1, 0.15) is 52.9 Å². The Kier molecular flexibility index (Phi) is 111. The third-order valence-corrected chi connectivity index (χ3v) is 14.5. The summed E-state index contributed by atoms with van der Waals surface area (Å²) in [6, 6.07) is 0. The summed E-state index contributed by atoms with van der Waals surface area (Å²) in [6.45, 7) is 6.58. The fourth-order valence-electron chi connectivity index (χ4n) is 7.01. The lowest BCUT2D eigenvalue weighted by molar-refractivity contribution is -0.302. The van der Waals surface area contributed by atoms with Gasteiger partial charge in [0.15, 0.2) is 0 Å². The van der Waals surface area contributed by atoms with Crippen molar-refractivity contribution in [2.45, 2.75) is 316 Å². The summed E-state index contributed by atoms with van der Waals surface area (Å²) in [5, 5.41) is 56.2. The van der Waals surface area contributed by atoms with Gasteiger partial charge in [0.2, 0.25) is 0 Å². The van der Waals surface area contributed by atoms with Crippen molar-refractivity contribution in [2.24, 2.45) is 48.7 Å². The third-order valence-electron chi connectivity index (χ3n) is 14.5. The number of rotatable bonds is 54. The summed E-state index contributed by atoms with van der Waals surface area (Å²) in [5.74, 6) is -30.4. The molecule has 0 amide bonds. The first-order chi connectivity index (χ1) is 52.7. The molecule has 0 aromatic rings. The van der Waals surface area contributed by atoms with Crippen LogP contribution in [0.4, 0.5) is 149 Å². The molecule has 0 spiro atoms. The molecule has 137 heavy (non-hydrogen) atoms. The van der Waals surface area contributed by atoms with Crippen molar-refractivity contribution in [3.05, 3.63) is 0 Å². The number of ether oxygens (including phenoxy) is 12. The summed E-state index contributed by atoms with van der Waals surface area (Å²) in [5.41, 5.74) is -6.41. The number of aliphatic hydroxyl groups excluding tert-OH is 6. The maximum atomic E-state index is 13.0. The monoisotopic (exact) mass is 2140 g/mol. The number of halogens is 34. The van der Waals surface area contributed by atoms with E-state index in [2.05, 4.69) is 42.3 Å². The van der Waals surface area contributed by atoms with Crippen LogP contribution < -0.4 is 0 Å². The van der Waals surface area contributed by atoms with Crippen LogP contribution in [0.5, 0.6) is 0 Å². The highest BCUT2D eigenvalue weighted by molar-refractivity contribution is 4.84. The van der Waals surface area contributed by atoms with E-state index in [1.807, 2.05) is 27.7 Å². The Bertz CT molecular complexity index is 2500. The van der Waals surface area contributed by atoms with Crippen molar-refractivity contribution in [2.75, 3.05) is 198 Å². The van der Waals surface area contributed by atoms with Crippen LogP contribution in [0.2, 0.25) is 0 Å². The van der Waals surface area contributed by atoms with Crippen molar-refractivity contribution in [3.63, 3.8) is 0 Å². The van der Waals surface area contributed by atoms with E-state index in [0.717, 1.165) is 0 Å². The van der Waals surface area contributed by atoms with Crippen LogP contribution in [0.25, 0.3) is 0 Å². The number of alkyl halides is 34. The molecule has 0 radical (unpaired) electrons. The second-order valence-electron chi connectivity index (χ2n) is 33.1. The molecule has 868 valence electrons. The van der Waals surface area contributed by atoms with Gasteiger partial charge in [0.05, 0.1) is 145 Å². The van der Waals surface area contributed by atoms with Crippen LogP contribution in [0.1, 0.15) is 231 Å². The van der Waals surface area contributed by atoms with E-state index in [0.29, 0.717) is 26.4 Å². The largest absolute Gasteiger partial charge is 0.455 e. The SMILES string of the molecule is C.C.C.C.C.C.C.C.C.C.C.C.C.C.C.C.C.C.CC(C)(CO)COCC(C)(C)COCC(C)(C)CO.CC(C)(COCC(C)(CO)COCC(F)(F)C(F)(F)F)COCC(C)(CO)COCC(F)(F)C(F)(F)F.CC(C)(COCC(C)(CO)COCC(F)(F)F)COCC(C)(CO)COCC(F)(F)F.FC(F)C(F)(F)COCC(F)(F)C(F)(F)F.FC(F)C(F)(F)COCC(F)(F)C(F)(F)F. The van der Waals surface area contributed by atoms with Crippen LogP contribution in [0.3, 0.4) is 0 Å². The van der Waals surface area contributed by atoms with Gasteiger partial charge in [-0.2, -0.15) is 132 Å². The van der Waals surface area contributed by atoms with Gasteiger partial charge in [-0.25, -0.2) is 17.6 Å². The first-order valence-corrected chi connectivity index (χ1v) is 34.6. The van der Waals surface area contributed by atoms with Crippen LogP contribution >= 0.6 is 0 Å². The average Bonchev–Trinajstić information content (AvgIpc) is 0.845. The minimum absolute atomic E-state index is 0. The van der Waals surface area contributed by atoms with E-state index in [9.17, 15) is 170 Å². The summed E-state index contributed by atoms with van der Waals surface area (Å²) in [6.07, 6.45) is -40.8. The topological polar surface area (TPSA) is 232 Å². The van der Waals surface area contributed by atoms with Gasteiger partial charge < -0.3 is 87.5 Å². The molecule has 0 saturated heterocycles. The lowest BCUT2D eigenvalue weighted by Crippen LogP contribution is -2.43. The normalized spacial score (nSPS) is 14.0. The van der Waals surface area contributed by atoms with Gasteiger partial charge in [0.25, 0.3) is 0 Å². The Balaban J connectivity index is -0.0000000566. The minimum atomic E-state index is -5.98. The molecule has 0 saturated carbocycles. The zero-order chi connectivity index (χ0) is 95.4. The van der Waals surface area contributed by atoms with Gasteiger partial charge >= 0.3 is 85.4 Å². The molecular formula is C85H182F34O18. The Labute approximate surface area is 797 Å². The van der Waals surface area contributed by atoms with Crippen molar-refractivity contribution >= 4 is 0 Å². The van der Waals surface area contributed by atoms with Crippen LogP contribution in [0.15, 0.2) is 0 Å². The number of hydrogen-bond acceptors (Lipinski definition) is 18. The van der Waals surface area contributed by atoms with Crippen LogP contribution in [0, 0.1) is 48.7 Å². The van der Waals surface area contributed by atoms with Gasteiger partial charge in [-0.15, -0.1) is 0 Å². The van der Waals surface area contributed by atoms with Crippen molar-refractivity contribution in [3.8, 4) is 0 Å². The molecular weight excluding hydrogens is 1950 g/mol. The molecule has 0 rings (SSSR count). The third kappa shape index (κ3) is 90.2. The highest BCUT2D eigenvalue weighted by Crippen LogP contribution is 2.41.